The number of amidine groups is 1. The van der Waals surface area contributed by atoms with Crippen molar-refractivity contribution in [1.29, 1.82) is 0 Å². The van der Waals surface area contributed by atoms with E-state index in [1.54, 1.807) is 0 Å². The van der Waals surface area contributed by atoms with Gasteiger partial charge in [0, 0.05) is 39.8 Å². The first-order valence-electron chi connectivity index (χ1n) is 37.2. The van der Waals surface area contributed by atoms with Crippen molar-refractivity contribution < 1.29 is 51.7 Å². The first kappa shape index (κ1) is 90.6. The first-order valence-corrected chi connectivity index (χ1v) is 40.0. The summed E-state index contributed by atoms with van der Waals surface area (Å²) in [5, 5.41) is 19.9. The molecule has 0 spiro atoms. The molecule has 15 rings (SSSR count). The maximum atomic E-state index is 5.37. The van der Waals surface area contributed by atoms with E-state index < -0.39 is 15.8 Å². The molecule has 0 aromatic heterocycles. The molecular formula is C101H107Hf2N4P2-5. The Bertz CT molecular complexity index is 3800. The Kier molecular flexibility index (Phi) is 47.4. The van der Waals surface area contributed by atoms with E-state index in [4.69, 9.17) is 15.6 Å². The number of hydrogen-bond donors (Lipinski definition) is 1. The molecule has 4 nitrogen and oxygen atoms in total. The molecular weight excluding hydrogens is 1690 g/mol. The van der Waals surface area contributed by atoms with E-state index >= 15 is 0 Å². The number of hydrogen-bond acceptors (Lipinski definition) is 1. The molecule has 554 valence electrons. The minimum absolute atomic E-state index is 0. The molecule has 2 aliphatic rings. The van der Waals surface area contributed by atoms with Gasteiger partial charge in [-0.05, 0) is 39.6 Å². The SMILES string of the molecule is [CH2-]c1ccccc1.[CH2-]c1ccccc1.[CH2-]c1ccccc1.[CH2-]c1ccccc1.[CH2-]c1ccccc1.[CH2-]c1ccccc1.[CH2-]c1ccccc1.[Hf+4].[Hf].c1ccc(CN=C(NC2CCCCC2)P(c2ccccc2)c2ccccc2)cc1.c1ccc(C[N-]C([N-]C2CCCCC2)P(c2ccccc2)c2ccccc2)cc1. The second kappa shape index (κ2) is 57.1. The summed E-state index contributed by atoms with van der Waals surface area (Å²) in [5.74, 6) is -0.00175. The van der Waals surface area contributed by atoms with Crippen molar-refractivity contribution in [1.82, 2.24) is 5.32 Å². The van der Waals surface area contributed by atoms with E-state index in [0.717, 1.165) is 51.1 Å². The number of rotatable bonds is 14. The third-order valence-electron chi connectivity index (χ3n) is 16.8. The summed E-state index contributed by atoms with van der Waals surface area (Å²) in [5.41, 5.74) is 11.2. The predicted molar refractivity (Wildman–Crippen MR) is 470 cm³/mol. The van der Waals surface area contributed by atoms with Gasteiger partial charge in [0.2, 0.25) is 0 Å². The van der Waals surface area contributed by atoms with Gasteiger partial charge in [0.1, 0.15) is 5.58 Å². The molecule has 0 heterocycles. The quantitative estimate of drug-likeness (QED) is 0.0381. The molecule has 8 heteroatoms. The Morgan fingerprint density at radius 3 is 0.817 bits per heavy atom. The van der Waals surface area contributed by atoms with Crippen molar-refractivity contribution in [2.24, 2.45) is 4.99 Å². The van der Waals surface area contributed by atoms with Gasteiger partial charge >= 0.3 is 25.8 Å². The minimum atomic E-state index is -0.697. The van der Waals surface area contributed by atoms with Gasteiger partial charge in [-0.2, -0.15) is 172 Å². The average molecular weight is 1800 g/mol. The van der Waals surface area contributed by atoms with Crippen LogP contribution in [0.15, 0.2) is 399 Å². The fourth-order valence-electron chi connectivity index (χ4n) is 11.2. The van der Waals surface area contributed by atoms with Gasteiger partial charge in [-0.1, -0.05) is 289 Å². The Balaban J connectivity index is 0.000000241. The molecule has 0 saturated heterocycles. The van der Waals surface area contributed by atoms with E-state index in [9.17, 15) is 0 Å². The Labute approximate surface area is 697 Å². The van der Waals surface area contributed by atoms with Crippen molar-refractivity contribution >= 4 is 42.6 Å². The standard InChI is InChI=1S/2C26H29N2P.7C7H7.2Hf/c2*1-5-13-22(14-6-1)21-27-26(28-23-15-7-2-8-16-23)29(24-17-9-3-10-18-24)25-19-11-4-12-20-25;7*1-7-5-3-2-4-6-7;;/h1,3-6,9-14,17-20,23H,2,7-8,15-16,21H2,(H,27,28);1,3-6,9-14,17-20,23,26H,2,7-8,15-16,21H2;7*2-6H,1H2;;/q;-2;7*-1;;+4. The van der Waals surface area contributed by atoms with Gasteiger partial charge in [-0.3, -0.25) is 4.99 Å². The maximum Gasteiger partial charge on any atom is 4.00 e. The van der Waals surface area contributed by atoms with Crippen LogP contribution in [0.5, 0.6) is 0 Å². The van der Waals surface area contributed by atoms with Crippen LogP contribution in [0.2, 0.25) is 0 Å². The van der Waals surface area contributed by atoms with E-state index in [0.29, 0.717) is 18.6 Å². The summed E-state index contributed by atoms with van der Waals surface area (Å²) >= 11 is 0. The van der Waals surface area contributed by atoms with Crippen molar-refractivity contribution in [2.75, 3.05) is 0 Å². The smallest absolute Gasteiger partial charge is 0.671 e. The predicted octanol–water partition coefficient (Wildman–Crippen LogP) is 25.4. The van der Waals surface area contributed by atoms with E-state index in [1.165, 1.54) is 96.6 Å². The zero-order valence-corrected chi connectivity index (χ0v) is 72.4. The van der Waals surface area contributed by atoms with E-state index in [-0.39, 0.29) is 57.6 Å². The zero-order valence-electron chi connectivity index (χ0n) is 63.4. The fourth-order valence-corrected chi connectivity index (χ4v) is 15.9. The van der Waals surface area contributed by atoms with Crippen LogP contribution in [0.4, 0.5) is 0 Å². The van der Waals surface area contributed by atoms with Crippen molar-refractivity contribution in [2.45, 2.75) is 95.3 Å². The van der Waals surface area contributed by atoms with E-state index in [2.05, 4.69) is 236 Å². The van der Waals surface area contributed by atoms with Gasteiger partial charge < -0.3 is 16.0 Å². The molecule has 1 atom stereocenters. The molecule has 2 saturated carbocycles. The molecule has 13 aromatic rings. The van der Waals surface area contributed by atoms with Crippen LogP contribution in [0.1, 0.15) is 114 Å². The van der Waals surface area contributed by atoms with Gasteiger partial charge in [0.05, 0.1) is 6.54 Å². The number of nitrogens with zero attached hydrogens (tertiary/aromatic N) is 3. The van der Waals surface area contributed by atoms with Crippen LogP contribution in [0.25, 0.3) is 10.6 Å². The molecule has 109 heavy (non-hydrogen) atoms. The monoisotopic (exact) mass is 1800 g/mol. The maximum absolute atomic E-state index is 5.37. The largest absolute Gasteiger partial charge is 4.00 e. The van der Waals surface area contributed by atoms with Crippen LogP contribution in [-0.2, 0) is 64.8 Å². The zero-order chi connectivity index (χ0) is 75.2. The van der Waals surface area contributed by atoms with Crippen LogP contribution in [0, 0.1) is 48.5 Å². The van der Waals surface area contributed by atoms with Crippen LogP contribution < -0.4 is 26.5 Å². The van der Waals surface area contributed by atoms with E-state index in [1.807, 2.05) is 212 Å². The number of nitrogens with one attached hydrogen (secondary N) is 1. The summed E-state index contributed by atoms with van der Waals surface area (Å²) in [6, 6.07) is 135. The number of aliphatic imine (C=N–C) groups is 1. The van der Waals surface area contributed by atoms with Gasteiger partial charge in [-0.25, -0.2) is 5.91 Å². The Morgan fingerprint density at radius 1 is 0.312 bits per heavy atom. The van der Waals surface area contributed by atoms with Crippen LogP contribution in [-0.4, -0.2) is 23.6 Å². The number of benzene rings is 13. The molecule has 0 aliphatic heterocycles. The van der Waals surface area contributed by atoms with Gasteiger partial charge in [-0.15, -0.1) is 97.5 Å². The van der Waals surface area contributed by atoms with Crippen molar-refractivity contribution in [3.05, 3.63) is 503 Å². The van der Waals surface area contributed by atoms with Crippen molar-refractivity contribution in [3.63, 3.8) is 0 Å². The second-order valence-electron chi connectivity index (χ2n) is 25.7. The average Bonchev–Trinajstić information content (AvgIpc) is 0.823. The molecule has 2 fully saturated rings. The third kappa shape index (κ3) is 39.8. The summed E-state index contributed by atoms with van der Waals surface area (Å²) in [6.07, 6.45) is 12.9. The van der Waals surface area contributed by atoms with Gasteiger partial charge in [0.25, 0.3) is 0 Å². The summed E-state index contributed by atoms with van der Waals surface area (Å²) in [6.45, 7) is 27.5. The third-order valence-corrected chi connectivity index (χ3v) is 21.6. The minimum Gasteiger partial charge on any atom is -0.671 e. The van der Waals surface area contributed by atoms with Crippen LogP contribution in [0.3, 0.4) is 0 Å². The molecule has 0 amide bonds. The fraction of sp³-hybridized carbons (Fsp3) is 0.149. The van der Waals surface area contributed by atoms with Gasteiger partial charge in [0.15, 0.2) is 0 Å². The van der Waals surface area contributed by atoms with Crippen LogP contribution >= 0.6 is 15.8 Å². The molecule has 0 bridgehead atoms. The molecule has 13 aromatic carbocycles. The molecule has 1 unspecified atom stereocenters. The molecule has 1 N–H and O–H groups in total. The topological polar surface area (TPSA) is 52.6 Å². The first-order chi connectivity index (χ1) is 52.6. The van der Waals surface area contributed by atoms with Crippen molar-refractivity contribution in [3.8, 4) is 0 Å². The summed E-state index contributed by atoms with van der Waals surface area (Å²) < 4.78 is 0. The Hall–Kier alpha value is -9.06. The normalized spacial score (nSPS) is 12.2. The molecule has 0 radical (unpaired) electrons. The summed E-state index contributed by atoms with van der Waals surface area (Å²) in [4.78, 5) is 5.18. The summed E-state index contributed by atoms with van der Waals surface area (Å²) in [7, 11) is -1.37. The Morgan fingerprint density at radius 2 is 0.550 bits per heavy atom. The molecule has 2 aliphatic carbocycles. The second-order valence-corrected chi connectivity index (χ2v) is 30.0.